The summed E-state index contributed by atoms with van der Waals surface area (Å²) >= 11 is 0. The fraction of sp³-hybridized carbons (Fsp3) is 0.952. The van der Waals surface area contributed by atoms with Crippen LogP contribution in [0.5, 0.6) is 0 Å². The van der Waals surface area contributed by atoms with Gasteiger partial charge in [-0.05, 0) is 70.4 Å². The Bertz CT molecular complexity index is 442. The van der Waals surface area contributed by atoms with Crippen molar-refractivity contribution in [3.05, 3.63) is 0 Å². The summed E-state index contributed by atoms with van der Waals surface area (Å²) in [6, 6.07) is 0.598. The van der Waals surface area contributed by atoms with Crippen LogP contribution in [-0.4, -0.2) is 72.5 Å². The van der Waals surface area contributed by atoms with Crippen molar-refractivity contribution in [1.29, 1.82) is 0 Å². The van der Waals surface area contributed by atoms with E-state index >= 15 is 0 Å². The maximum atomic E-state index is 12.9. The molecule has 0 aromatic carbocycles. The van der Waals surface area contributed by atoms with Crippen LogP contribution in [0.15, 0.2) is 0 Å². The second kappa shape index (κ2) is 7.96. The van der Waals surface area contributed by atoms with Gasteiger partial charge in [0.1, 0.15) is 0 Å². The third-order valence-corrected chi connectivity index (χ3v) is 6.65. The standard InChI is InChI=1S/C21H39N3O/c1-17(2)15-21(7-8-21)16-22-9-5-19(6-10-22)20(25)24-13-11-23(12-14-24)18(3)4/h17-19H,5-16H2,1-4H3. The molecule has 1 saturated carbocycles. The summed E-state index contributed by atoms with van der Waals surface area (Å²) in [7, 11) is 0. The molecule has 0 radical (unpaired) electrons. The van der Waals surface area contributed by atoms with Gasteiger partial charge in [-0.2, -0.15) is 0 Å². The first-order valence-corrected chi connectivity index (χ1v) is 10.6. The van der Waals surface area contributed by atoms with Crippen molar-refractivity contribution in [1.82, 2.24) is 14.7 Å². The monoisotopic (exact) mass is 349 g/mol. The normalized spacial score (nSPS) is 25.8. The summed E-state index contributed by atoms with van der Waals surface area (Å²) in [5.74, 6) is 1.53. The second-order valence-corrected chi connectivity index (χ2v) is 9.60. The molecule has 0 unspecified atom stereocenters. The number of rotatable bonds is 6. The summed E-state index contributed by atoms with van der Waals surface area (Å²) in [6.45, 7) is 16.7. The van der Waals surface area contributed by atoms with E-state index in [1.165, 1.54) is 25.8 Å². The van der Waals surface area contributed by atoms with Crippen molar-refractivity contribution >= 4 is 5.91 Å². The van der Waals surface area contributed by atoms with Crippen LogP contribution in [0, 0.1) is 17.3 Å². The Balaban J connectivity index is 1.41. The minimum absolute atomic E-state index is 0.280. The number of likely N-dealkylation sites (tertiary alicyclic amines) is 1. The first kappa shape index (κ1) is 19.2. The molecule has 0 spiro atoms. The lowest BCUT2D eigenvalue weighted by atomic mass is 9.90. The molecule has 4 nitrogen and oxygen atoms in total. The van der Waals surface area contributed by atoms with Crippen LogP contribution in [0.3, 0.4) is 0 Å². The zero-order valence-corrected chi connectivity index (χ0v) is 17.0. The largest absolute Gasteiger partial charge is 0.340 e. The van der Waals surface area contributed by atoms with E-state index in [0.717, 1.165) is 58.0 Å². The maximum Gasteiger partial charge on any atom is 0.225 e. The number of piperidine rings is 1. The molecule has 0 bridgehead atoms. The molecule has 3 fully saturated rings. The number of nitrogens with zero attached hydrogens (tertiary/aromatic N) is 3. The van der Waals surface area contributed by atoms with Crippen LogP contribution in [0.25, 0.3) is 0 Å². The van der Waals surface area contributed by atoms with Gasteiger partial charge >= 0.3 is 0 Å². The molecule has 0 N–H and O–H groups in total. The highest BCUT2D eigenvalue weighted by atomic mass is 16.2. The molecule has 25 heavy (non-hydrogen) atoms. The summed E-state index contributed by atoms with van der Waals surface area (Å²) in [6.07, 6.45) is 6.36. The Morgan fingerprint density at radius 2 is 1.56 bits per heavy atom. The molecule has 4 heteroatoms. The summed E-state index contributed by atoms with van der Waals surface area (Å²) in [5.41, 5.74) is 0.623. The molecule has 144 valence electrons. The molecule has 2 saturated heterocycles. The van der Waals surface area contributed by atoms with Gasteiger partial charge in [-0.25, -0.2) is 0 Å². The van der Waals surface area contributed by atoms with E-state index in [1.54, 1.807) is 0 Å². The maximum absolute atomic E-state index is 12.9. The Hall–Kier alpha value is -0.610. The van der Waals surface area contributed by atoms with Crippen molar-refractivity contribution in [2.75, 3.05) is 45.8 Å². The molecule has 1 amide bonds. The Kier molecular flexibility index (Phi) is 6.10. The number of piperazine rings is 1. The first-order valence-electron chi connectivity index (χ1n) is 10.6. The van der Waals surface area contributed by atoms with Crippen LogP contribution in [0.4, 0.5) is 0 Å². The van der Waals surface area contributed by atoms with Crippen molar-refractivity contribution in [3.63, 3.8) is 0 Å². The molecule has 3 rings (SSSR count). The van der Waals surface area contributed by atoms with Gasteiger partial charge in [0.05, 0.1) is 0 Å². The molecule has 2 heterocycles. The SMILES string of the molecule is CC(C)CC1(CN2CCC(C(=O)N3CCN(C(C)C)CC3)CC2)CC1. The third-order valence-electron chi connectivity index (χ3n) is 6.65. The Morgan fingerprint density at radius 3 is 2.04 bits per heavy atom. The van der Waals surface area contributed by atoms with E-state index in [0.29, 0.717) is 17.4 Å². The fourth-order valence-electron chi connectivity index (χ4n) is 5.00. The summed E-state index contributed by atoms with van der Waals surface area (Å²) < 4.78 is 0. The van der Waals surface area contributed by atoms with Crippen LogP contribution in [0.2, 0.25) is 0 Å². The van der Waals surface area contributed by atoms with E-state index < -0.39 is 0 Å². The Labute approximate surface area is 154 Å². The number of carbonyl (C=O) groups excluding carboxylic acids is 1. The molecule has 0 aromatic rings. The predicted octanol–water partition coefficient (Wildman–Crippen LogP) is 3.08. The van der Waals surface area contributed by atoms with Gasteiger partial charge in [-0.1, -0.05) is 13.8 Å². The predicted molar refractivity (Wildman–Crippen MR) is 104 cm³/mol. The molecular formula is C21H39N3O. The van der Waals surface area contributed by atoms with E-state index in [4.69, 9.17) is 0 Å². The molecular weight excluding hydrogens is 310 g/mol. The van der Waals surface area contributed by atoms with E-state index in [2.05, 4.69) is 42.4 Å². The molecule has 0 aromatic heterocycles. The average molecular weight is 350 g/mol. The van der Waals surface area contributed by atoms with Crippen molar-refractivity contribution in [2.24, 2.45) is 17.3 Å². The first-order chi connectivity index (χ1) is 11.9. The van der Waals surface area contributed by atoms with Gasteiger partial charge in [-0.3, -0.25) is 9.69 Å². The number of carbonyl (C=O) groups is 1. The smallest absolute Gasteiger partial charge is 0.225 e. The van der Waals surface area contributed by atoms with Gasteiger partial charge < -0.3 is 9.80 Å². The average Bonchev–Trinajstić information content (AvgIpc) is 3.33. The van der Waals surface area contributed by atoms with E-state index in [-0.39, 0.29) is 5.92 Å². The Morgan fingerprint density at radius 1 is 0.960 bits per heavy atom. The molecule has 2 aliphatic heterocycles. The van der Waals surface area contributed by atoms with Gasteiger partial charge in [0.25, 0.3) is 0 Å². The lowest BCUT2D eigenvalue weighted by Crippen LogP contribution is -2.53. The van der Waals surface area contributed by atoms with Gasteiger partial charge in [-0.15, -0.1) is 0 Å². The number of hydrogen-bond acceptors (Lipinski definition) is 3. The third kappa shape index (κ3) is 4.97. The quantitative estimate of drug-likeness (QED) is 0.737. The number of hydrogen-bond donors (Lipinski definition) is 0. The lowest BCUT2D eigenvalue weighted by Gasteiger charge is -2.40. The highest BCUT2D eigenvalue weighted by Crippen LogP contribution is 2.51. The van der Waals surface area contributed by atoms with Crippen molar-refractivity contribution < 1.29 is 4.79 Å². The van der Waals surface area contributed by atoms with Crippen LogP contribution >= 0.6 is 0 Å². The highest BCUT2D eigenvalue weighted by Gasteiger charge is 2.44. The lowest BCUT2D eigenvalue weighted by molar-refractivity contribution is -0.139. The second-order valence-electron chi connectivity index (χ2n) is 9.60. The van der Waals surface area contributed by atoms with E-state index in [9.17, 15) is 4.79 Å². The van der Waals surface area contributed by atoms with E-state index in [1.807, 2.05) is 0 Å². The zero-order chi connectivity index (χ0) is 18.0. The minimum Gasteiger partial charge on any atom is -0.340 e. The topological polar surface area (TPSA) is 26.8 Å². The molecule has 1 aliphatic carbocycles. The summed E-state index contributed by atoms with van der Waals surface area (Å²) in [4.78, 5) is 20.1. The van der Waals surface area contributed by atoms with Crippen molar-refractivity contribution in [2.45, 2.75) is 65.8 Å². The number of amides is 1. The van der Waals surface area contributed by atoms with Gasteiger partial charge in [0.15, 0.2) is 0 Å². The zero-order valence-electron chi connectivity index (χ0n) is 17.0. The molecule has 3 aliphatic rings. The molecule has 0 atom stereocenters. The van der Waals surface area contributed by atoms with Gasteiger partial charge in [0, 0.05) is 44.7 Å². The van der Waals surface area contributed by atoms with Crippen LogP contribution in [-0.2, 0) is 4.79 Å². The minimum atomic E-state index is 0.280. The highest BCUT2D eigenvalue weighted by molar-refractivity contribution is 5.79. The summed E-state index contributed by atoms with van der Waals surface area (Å²) in [5, 5.41) is 0. The van der Waals surface area contributed by atoms with Crippen LogP contribution in [0.1, 0.15) is 59.8 Å². The van der Waals surface area contributed by atoms with Gasteiger partial charge in [0.2, 0.25) is 5.91 Å². The van der Waals surface area contributed by atoms with Crippen LogP contribution < -0.4 is 0 Å². The fourth-order valence-corrected chi connectivity index (χ4v) is 5.00. The van der Waals surface area contributed by atoms with Crippen molar-refractivity contribution in [3.8, 4) is 0 Å².